The first-order chi connectivity index (χ1) is 15.5. The van der Waals surface area contributed by atoms with E-state index in [9.17, 15) is 19.2 Å². The molecule has 33 heavy (non-hydrogen) atoms. The molecule has 2 atom stereocenters. The van der Waals surface area contributed by atoms with Crippen molar-refractivity contribution in [3.8, 4) is 0 Å². The van der Waals surface area contributed by atoms with Gasteiger partial charge in [0.15, 0.2) is 0 Å². The van der Waals surface area contributed by atoms with Crippen molar-refractivity contribution in [1.82, 2.24) is 14.9 Å². The largest absolute Gasteiger partial charge is 0.394 e. The van der Waals surface area contributed by atoms with E-state index in [0.717, 1.165) is 0 Å². The lowest BCUT2D eigenvalue weighted by Crippen LogP contribution is -2.51. The highest BCUT2D eigenvalue weighted by Crippen LogP contribution is 2.13. The Morgan fingerprint density at radius 3 is 2.42 bits per heavy atom. The number of carbonyl (C=O) groups excluding carboxylic acids is 3. The minimum Gasteiger partial charge on any atom is -0.394 e. The van der Waals surface area contributed by atoms with E-state index in [0.29, 0.717) is 25.2 Å². The van der Waals surface area contributed by atoms with Crippen LogP contribution in [-0.2, 0) is 16.1 Å². The molecule has 0 aliphatic rings. The summed E-state index contributed by atoms with van der Waals surface area (Å²) in [5, 5.41) is 16.9. The second kappa shape index (κ2) is 11.3. The number of aromatic nitrogens is 2. The number of amides is 3. The molecule has 0 saturated carbocycles. The molecular weight excluding hydrogens is 430 g/mol. The first-order valence-electron chi connectivity index (χ1n) is 10.3. The van der Waals surface area contributed by atoms with Crippen LogP contribution in [0.15, 0.2) is 41.3 Å². The Labute approximate surface area is 190 Å². The van der Waals surface area contributed by atoms with Crippen LogP contribution in [0.25, 0.3) is 0 Å². The highest BCUT2D eigenvalue weighted by atomic mass is 16.3. The van der Waals surface area contributed by atoms with Gasteiger partial charge in [0.25, 0.3) is 5.91 Å². The van der Waals surface area contributed by atoms with Crippen LogP contribution in [0, 0.1) is 0 Å². The first kappa shape index (κ1) is 25.6. The molecule has 8 N–H and O–H groups in total. The summed E-state index contributed by atoms with van der Waals surface area (Å²) < 4.78 is 1.36. The van der Waals surface area contributed by atoms with Crippen LogP contribution in [0.5, 0.6) is 0 Å². The van der Waals surface area contributed by atoms with E-state index < -0.39 is 35.7 Å². The van der Waals surface area contributed by atoms with Crippen molar-refractivity contribution in [2.75, 3.05) is 23.8 Å². The summed E-state index contributed by atoms with van der Waals surface area (Å²) in [6.45, 7) is 3.16. The summed E-state index contributed by atoms with van der Waals surface area (Å²) >= 11 is 0. The first-order valence-corrected chi connectivity index (χ1v) is 10.3. The van der Waals surface area contributed by atoms with E-state index >= 15 is 0 Å². The lowest BCUT2D eigenvalue weighted by molar-refractivity contribution is -0.122. The van der Waals surface area contributed by atoms with Gasteiger partial charge in [-0.2, -0.15) is 4.98 Å². The fraction of sp³-hybridized carbons (Fsp3) is 0.381. The molecule has 0 saturated heterocycles. The molecule has 12 heteroatoms. The molecule has 1 aromatic carbocycles. The fourth-order valence-electron chi connectivity index (χ4n) is 2.53. The maximum atomic E-state index is 12.4. The van der Waals surface area contributed by atoms with Gasteiger partial charge in [0.05, 0.1) is 12.6 Å². The van der Waals surface area contributed by atoms with E-state index in [1.54, 1.807) is 6.92 Å². The molecule has 2 unspecified atom stereocenters. The number of aliphatic hydroxyl groups excluding tert-OH is 1. The van der Waals surface area contributed by atoms with Crippen LogP contribution in [0.1, 0.15) is 30.6 Å². The molecular formula is C21H29N7O5. The van der Waals surface area contributed by atoms with Crippen molar-refractivity contribution in [2.24, 2.45) is 11.5 Å². The van der Waals surface area contributed by atoms with Crippen molar-refractivity contribution < 1.29 is 19.5 Å². The summed E-state index contributed by atoms with van der Waals surface area (Å²) in [6.07, 6.45) is 2.01. The quantitative estimate of drug-likeness (QED) is 0.243. The standard InChI is InChI=1S/C21H29N7O5/c1-13(22)17(30)24-9-3-10-28-11-8-16(27-20(28)33)26-18(31)14-4-6-15(7-5-14)25-19(32)21(2,23)12-29/h4-8,11,13,29H,3,9-10,12,22-23H2,1-2H3,(H,24,30)(H,25,32)(H,26,27,31,33). The van der Waals surface area contributed by atoms with E-state index in [2.05, 4.69) is 20.9 Å². The van der Waals surface area contributed by atoms with Crippen LogP contribution in [0.2, 0.25) is 0 Å². The van der Waals surface area contributed by atoms with Crippen LogP contribution < -0.4 is 33.1 Å². The third-order valence-electron chi connectivity index (χ3n) is 4.66. The minimum absolute atomic E-state index is 0.0886. The smallest absolute Gasteiger partial charge is 0.349 e. The van der Waals surface area contributed by atoms with Gasteiger partial charge in [-0.3, -0.25) is 19.0 Å². The number of benzene rings is 1. The van der Waals surface area contributed by atoms with E-state index in [1.807, 2.05) is 0 Å². The van der Waals surface area contributed by atoms with Gasteiger partial charge in [0.2, 0.25) is 11.8 Å². The summed E-state index contributed by atoms with van der Waals surface area (Å²) in [5.41, 5.74) is 9.83. The number of hydrogen-bond acceptors (Lipinski definition) is 8. The second-order valence-electron chi connectivity index (χ2n) is 7.78. The monoisotopic (exact) mass is 459 g/mol. The van der Waals surface area contributed by atoms with Gasteiger partial charge >= 0.3 is 5.69 Å². The molecule has 0 fully saturated rings. The molecule has 0 aliphatic heterocycles. The van der Waals surface area contributed by atoms with Crippen LogP contribution >= 0.6 is 0 Å². The molecule has 3 amide bonds. The lowest BCUT2D eigenvalue weighted by atomic mass is 10.0. The average Bonchev–Trinajstić information content (AvgIpc) is 2.78. The number of nitrogens with one attached hydrogen (secondary N) is 3. The summed E-state index contributed by atoms with van der Waals surface area (Å²) in [5.74, 6) is -1.24. The van der Waals surface area contributed by atoms with Crippen molar-refractivity contribution in [1.29, 1.82) is 0 Å². The molecule has 0 bridgehead atoms. The van der Waals surface area contributed by atoms with Crippen molar-refractivity contribution >= 4 is 29.2 Å². The summed E-state index contributed by atoms with van der Waals surface area (Å²) in [7, 11) is 0. The predicted octanol–water partition coefficient (Wildman–Crippen LogP) is -1.00. The number of hydrogen-bond donors (Lipinski definition) is 6. The molecule has 12 nitrogen and oxygen atoms in total. The highest BCUT2D eigenvalue weighted by Gasteiger charge is 2.27. The van der Waals surface area contributed by atoms with Crippen molar-refractivity contribution in [3.05, 3.63) is 52.6 Å². The van der Waals surface area contributed by atoms with Crippen molar-refractivity contribution in [3.63, 3.8) is 0 Å². The summed E-state index contributed by atoms with van der Waals surface area (Å²) in [6, 6.07) is 6.88. The maximum absolute atomic E-state index is 12.4. The molecule has 2 aromatic rings. The molecule has 0 spiro atoms. The molecule has 0 radical (unpaired) electrons. The number of nitrogens with two attached hydrogens (primary N) is 2. The number of rotatable bonds is 10. The zero-order valence-electron chi connectivity index (χ0n) is 18.5. The molecule has 178 valence electrons. The number of aliphatic hydroxyl groups is 1. The fourth-order valence-corrected chi connectivity index (χ4v) is 2.53. The predicted molar refractivity (Wildman–Crippen MR) is 122 cm³/mol. The Balaban J connectivity index is 1.92. The number of nitrogens with zero attached hydrogens (tertiary/aromatic N) is 2. The van der Waals surface area contributed by atoms with Crippen LogP contribution in [-0.4, -0.2) is 57.1 Å². The van der Waals surface area contributed by atoms with E-state index in [4.69, 9.17) is 16.6 Å². The van der Waals surface area contributed by atoms with Gasteiger partial charge in [-0.05, 0) is 50.6 Å². The maximum Gasteiger partial charge on any atom is 0.349 e. The molecule has 1 heterocycles. The van der Waals surface area contributed by atoms with Crippen LogP contribution in [0.3, 0.4) is 0 Å². The topological polar surface area (TPSA) is 194 Å². The van der Waals surface area contributed by atoms with Crippen molar-refractivity contribution in [2.45, 2.75) is 38.4 Å². The zero-order chi connectivity index (χ0) is 24.6. The third kappa shape index (κ3) is 7.49. The molecule has 1 aromatic heterocycles. The normalized spacial score (nSPS) is 13.5. The van der Waals surface area contributed by atoms with Gasteiger partial charge in [-0.25, -0.2) is 4.79 Å². The Morgan fingerprint density at radius 2 is 1.85 bits per heavy atom. The lowest BCUT2D eigenvalue weighted by Gasteiger charge is -2.20. The Hall–Kier alpha value is -3.61. The summed E-state index contributed by atoms with van der Waals surface area (Å²) in [4.78, 5) is 51.8. The molecule has 0 aliphatic carbocycles. The Bertz CT molecular complexity index is 1050. The number of carbonyl (C=O) groups is 3. The van der Waals surface area contributed by atoms with Gasteiger partial charge in [-0.15, -0.1) is 0 Å². The SMILES string of the molecule is CC(N)C(=O)NCCCn1ccc(NC(=O)c2ccc(NC(=O)C(C)(N)CO)cc2)nc1=O. The van der Waals surface area contributed by atoms with Gasteiger partial charge in [-0.1, -0.05) is 0 Å². The highest BCUT2D eigenvalue weighted by molar-refractivity contribution is 6.04. The van der Waals surface area contributed by atoms with Gasteiger partial charge < -0.3 is 32.5 Å². The van der Waals surface area contributed by atoms with Crippen LogP contribution in [0.4, 0.5) is 11.5 Å². The zero-order valence-corrected chi connectivity index (χ0v) is 18.5. The average molecular weight is 460 g/mol. The Kier molecular flexibility index (Phi) is 8.79. The van der Waals surface area contributed by atoms with E-state index in [-0.39, 0.29) is 17.3 Å². The van der Waals surface area contributed by atoms with E-state index in [1.165, 1.54) is 48.0 Å². The second-order valence-corrected chi connectivity index (χ2v) is 7.78. The van der Waals surface area contributed by atoms with Gasteiger partial charge in [0, 0.05) is 30.5 Å². The Morgan fingerprint density at radius 1 is 1.18 bits per heavy atom. The molecule has 2 rings (SSSR count). The minimum atomic E-state index is -1.43. The van der Waals surface area contributed by atoms with Gasteiger partial charge in [0.1, 0.15) is 11.4 Å². The number of aryl methyl sites for hydroxylation is 1. The number of anilines is 2. The third-order valence-corrected chi connectivity index (χ3v) is 4.66.